The predicted molar refractivity (Wildman–Crippen MR) is 84.1 cm³/mol. The Kier molecular flexibility index (Phi) is 3.20. The summed E-state index contributed by atoms with van der Waals surface area (Å²) in [4.78, 5) is 0. The molecule has 2 aromatic rings. The Bertz CT molecular complexity index is 698. The fraction of sp³-hybridized carbons (Fsp3) is 0.688. The van der Waals surface area contributed by atoms with E-state index in [1.165, 1.54) is 36.8 Å². The maximum Gasteiger partial charge on any atom is 0.243 e. The van der Waals surface area contributed by atoms with Crippen molar-refractivity contribution in [1.82, 2.24) is 19.8 Å². The van der Waals surface area contributed by atoms with Crippen molar-refractivity contribution in [3.8, 4) is 5.88 Å². The quantitative estimate of drug-likeness (QED) is 0.887. The molecule has 2 aliphatic carbocycles. The SMILES string of the molecule is CCC(CC)Oc1nn2c(N)nnc2c(C2CC2)c1C1CC1. The molecule has 0 saturated heterocycles. The number of nitrogens with two attached hydrogens (primary N) is 1. The lowest BCUT2D eigenvalue weighted by Crippen LogP contribution is -2.18. The molecule has 0 spiro atoms. The summed E-state index contributed by atoms with van der Waals surface area (Å²) in [6, 6.07) is 0. The van der Waals surface area contributed by atoms with Crippen molar-refractivity contribution in [3.05, 3.63) is 11.1 Å². The number of aromatic nitrogens is 4. The van der Waals surface area contributed by atoms with E-state index in [1.54, 1.807) is 4.52 Å². The van der Waals surface area contributed by atoms with Crippen LogP contribution in [-0.2, 0) is 0 Å². The average molecular weight is 301 g/mol. The molecule has 22 heavy (non-hydrogen) atoms. The fourth-order valence-corrected chi connectivity index (χ4v) is 3.18. The lowest BCUT2D eigenvalue weighted by molar-refractivity contribution is 0.180. The standard InChI is InChI=1S/C16H23N5O/c1-3-11(4-2)22-15-13(10-7-8-10)12(9-5-6-9)14-18-19-16(17)21(14)20-15/h9-11H,3-8H2,1-2H3,(H2,17,19). The van der Waals surface area contributed by atoms with Crippen LogP contribution in [-0.4, -0.2) is 25.9 Å². The van der Waals surface area contributed by atoms with Crippen LogP contribution in [0.5, 0.6) is 5.88 Å². The van der Waals surface area contributed by atoms with Gasteiger partial charge in [-0.2, -0.15) is 4.52 Å². The number of fused-ring (bicyclic) bond motifs is 1. The zero-order valence-electron chi connectivity index (χ0n) is 13.2. The van der Waals surface area contributed by atoms with Crippen LogP contribution in [0.25, 0.3) is 5.65 Å². The third-order valence-electron chi connectivity index (χ3n) is 4.78. The Morgan fingerprint density at radius 2 is 1.73 bits per heavy atom. The van der Waals surface area contributed by atoms with Gasteiger partial charge in [0.15, 0.2) is 5.65 Å². The van der Waals surface area contributed by atoms with E-state index in [9.17, 15) is 0 Å². The first-order chi connectivity index (χ1) is 10.7. The number of hydrogen-bond acceptors (Lipinski definition) is 5. The van der Waals surface area contributed by atoms with Gasteiger partial charge >= 0.3 is 0 Å². The third kappa shape index (κ3) is 2.21. The molecule has 0 radical (unpaired) electrons. The minimum atomic E-state index is 0.201. The van der Waals surface area contributed by atoms with Gasteiger partial charge in [-0.3, -0.25) is 0 Å². The van der Waals surface area contributed by atoms with Crippen molar-refractivity contribution in [2.24, 2.45) is 0 Å². The van der Waals surface area contributed by atoms with Gasteiger partial charge in [0.1, 0.15) is 0 Å². The molecule has 2 fully saturated rings. The topological polar surface area (TPSA) is 78.3 Å². The molecule has 2 aromatic heterocycles. The van der Waals surface area contributed by atoms with Crippen molar-refractivity contribution in [2.75, 3.05) is 5.73 Å². The van der Waals surface area contributed by atoms with Crippen LogP contribution in [0.15, 0.2) is 0 Å². The Labute approximate surface area is 130 Å². The van der Waals surface area contributed by atoms with Crippen LogP contribution < -0.4 is 10.5 Å². The van der Waals surface area contributed by atoms with Gasteiger partial charge in [0.2, 0.25) is 11.8 Å². The van der Waals surface area contributed by atoms with Crippen molar-refractivity contribution >= 4 is 11.6 Å². The van der Waals surface area contributed by atoms with E-state index < -0.39 is 0 Å². The molecule has 0 unspecified atom stereocenters. The van der Waals surface area contributed by atoms with Crippen LogP contribution in [0.1, 0.15) is 75.3 Å². The normalized spacial score (nSPS) is 18.3. The van der Waals surface area contributed by atoms with E-state index in [1.807, 2.05) is 0 Å². The van der Waals surface area contributed by atoms with Crippen molar-refractivity contribution in [2.45, 2.75) is 70.3 Å². The molecule has 4 rings (SSSR count). The van der Waals surface area contributed by atoms with Crippen LogP contribution in [0.4, 0.5) is 5.95 Å². The molecular formula is C16H23N5O. The number of nitrogen functional groups attached to an aromatic ring is 1. The minimum Gasteiger partial charge on any atom is -0.473 e. The van der Waals surface area contributed by atoms with E-state index in [4.69, 9.17) is 10.5 Å². The van der Waals surface area contributed by atoms with E-state index in [0.29, 0.717) is 17.8 Å². The number of nitrogens with zero attached hydrogens (tertiary/aromatic N) is 4. The molecule has 0 aliphatic heterocycles. The summed E-state index contributed by atoms with van der Waals surface area (Å²) in [5, 5.41) is 12.9. The summed E-state index contributed by atoms with van der Waals surface area (Å²) in [7, 11) is 0. The Balaban J connectivity index is 1.89. The van der Waals surface area contributed by atoms with Gasteiger partial charge in [-0.15, -0.1) is 15.3 Å². The number of anilines is 1. The Hall–Kier alpha value is -1.85. The summed E-state index contributed by atoms with van der Waals surface area (Å²) in [6.07, 6.45) is 7.05. The molecule has 2 saturated carbocycles. The van der Waals surface area contributed by atoms with Gasteiger partial charge in [0.25, 0.3) is 0 Å². The van der Waals surface area contributed by atoms with E-state index in [-0.39, 0.29) is 6.10 Å². The average Bonchev–Trinajstić information content (AvgIpc) is 3.43. The smallest absolute Gasteiger partial charge is 0.243 e. The van der Waals surface area contributed by atoms with Crippen LogP contribution in [0, 0.1) is 0 Å². The van der Waals surface area contributed by atoms with Crippen LogP contribution in [0.3, 0.4) is 0 Å². The van der Waals surface area contributed by atoms with Gasteiger partial charge in [0.05, 0.1) is 6.10 Å². The molecule has 2 aliphatic rings. The highest BCUT2D eigenvalue weighted by molar-refractivity contribution is 5.60. The zero-order chi connectivity index (χ0) is 15.3. The largest absolute Gasteiger partial charge is 0.473 e. The van der Waals surface area contributed by atoms with Crippen molar-refractivity contribution in [3.63, 3.8) is 0 Å². The second-order valence-corrected chi connectivity index (χ2v) is 6.53. The van der Waals surface area contributed by atoms with Crippen molar-refractivity contribution in [1.29, 1.82) is 0 Å². The van der Waals surface area contributed by atoms with Gasteiger partial charge in [-0.05, 0) is 50.4 Å². The summed E-state index contributed by atoms with van der Waals surface area (Å²) < 4.78 is 7.92. The molecule has 0 aromatic carbocycles. The van der Waals surface area contributed by atoms with Gasteiger partial charge in [-0.25, -0.2) is 0 Å². The lowest BCUT2D eigenvalue weighted by atomic mass is 10.0. The molecular weight excluding hydrogens is 278 g/mol. The molecule has 0 atom stereocenters. The Morgan fingerprint density at radius 1 is 1.09 bits per heavy atom. The zero-order valence-corrected chi connectivity index (χ0v) is 13.2. The second kappa shape index (κ2) is 5.11. The highest BCUT2D eigenvalue weighted by Gasteiger charge is 2.39. The predicted octanol–water partition coefficient (Wildman–Crippen LogP) is 3.03. The first-order valence-electron chi connectivity index (χ1n) is 8.44. The van der Waals surface area contributed by atoms with Gasteiger partial charge in [0, 0.05) is 11.1 Å². The van der Waals surface area contributed by atoms with Gasteiger partial charge in [-0.1, -0.05) is 13.8 Å². The third-order valence-corrected chi connectivity index (χ3v) is 4.78. The number of rotatable bonds is 6. The van der Waals surface area contributed by atoms with E-state index in [0.717, 1.165) is 24.4 Å². The van der Waals surface area contributed by atoms with E-state index >= 15 is 0 Å². The number of ether oxygens (including phenoxy) is 1. The fourth-order valence-electron chi connectivity index (χ4n) is 3.18. The van der Waals surface area contributed by atoms with Crippen molar-refractivity contribution < 1.29 is 4.74 Å². The molecule has 0 amide bonds. The lowest BCUT2D eigenvalue weighted by Gasteiger charge is -2.19. The molecule has 2 N–H and O–H groups in total. The molecule has 6 heteroatoms. The highest BCUT2D eigenvalue weighted by atomic mass is 16.5. The molecule has 6 nitrogen and oxygen atoms in total. The summed E-state index contributed by atoms with van der Waals surface area (Å²) in [6.45, 7) is 4.30. The maximum absolute atomic E-state index is 6.25. The monoisotopic (exact) mass is 301 g/mol. The summed E-state index contributed by atoms with van der Waals surface area (Å²) >= 11 is 0. The van der Waals surface area contributed by atoms with Crippen LogP contribution >= 0.6 is 0 Å². The Morgan fingerprint density at radius 3 is 2.32 bits per heavy atom. The minimum absolute atomic E-state index is 0.201. The highest BCUT2D eigenvalue weighted by Crippen LogP contribution is 2.53. The first kappa shape index (κ1) is 13.8. The van der Waals surface area contributed by atoms with E-state index in [2.05, 4.69) is 29.1 Å². The van der Waals surface area contributed by atoms with Gasteiger partial charge < -0.3 is 10.5 Å². The summed E-state index contributed by atoms with van der Waals surface area (Å²) in [5.74, 6) is 2.26. The molecule has 2 heterocycles. The maximum atomic E-state index is 6.25. The second-order valence-electron chi connectivity index (χ2n) is 6.53. The molecule has 0 bridgehead atoms. The number of hydrogen-bond donors (Lipinski definition) is 1. The van der Waals surface area contributed by atoms with Crippen LogP contribution in [0.2, 0.25) is 0 Å². The molecule has 118 valence electrons. The summed E-state index contributed by atoms with van der Waals surface area (Å²) in [5.41, 5.74) is 9.36. The first-order valence-corrected chi connectivity index (χ1v) is 8.44.